The lowest BCUT2D eigenvalue weighted by Gasteiger charge is -2.15. The first-order chi connectivity index (χ1) is 58.4. The van der Waals surface area contributed by atoms with Gasteiger partial charge in [0.05, 0.1) is 33.4 Å². The first-order valence-electron chi connectivity index (χ1n) is 39.8. The third kappa shape index (κ3) is 11.2. The summed E-state index contributed by atoms with van der Waals surface area (Å²) in [5.74, 6) is 3.18. The maximum absolute atomic E-state index is 7.22. The second kappa shape index (κ2) is 26.8. The molecule has 0 atom stereocenters. The van der Waals surface area contributed by atoms with E-state index < -0.39 is 0 Å². The lowest BCUT2D eigenvalue weighted by atomic mass is 9.97. The van der Waals surface area contributed by atoms with E-state index in [1.807, 2.05) is 24.3 Å². The van der Waals surface area contributed by atoms with Gasteiger partial charge in [-0.1, -0.05) is 285 Å². The predicted octanol–water partition coefficient (Wildman–Crippen LogP) is 28.2. The molecule has 0 aliphatic heterocycles. The zero-order valence-electron chi connectivity index (χ0n) is 63.3. The molecule has 0 fully saturated rings. The quantitative estimate of drug-likeness (QED) is 0.119. The molecule has 0 aliphatic rings. The molecule has 6 aromatic heterocycles. The standard InChI is InChI=1S/C108H64N8O2/c1-3-22-65(23-4-1)68-44-47-69(48-45-68)103-109-104(112-107(111-103)91-63-101-89(85-40-15-18-43-99(85)117-101)61-97(91)115-93-41-16-13-38-83(93)87-56-75-28-9-11-30-77(75)58-95(87)115)81-37-21-35-74(55-81)72-33-19-34-73(52-72)79-50-51-86-90-62-98(116-94-42-17-14-39-84(94)88-57-76-29-10-12-31-78(76)59-96(88)116)92(64-102(90)118-100(86)60-79)108-113-105(80-36-20-32-71(53-80)66-24-5-2-6-25-66)110-106(114-108)82-49-46-67-26-7-8-27-70(67)54-82/h1-64H. The maximum atomic E-state index is 7.22. The Balaban J connectivity index is 0.656. The summed E-state index contributed by atoms with van der Waals surface area (Å²) >= 11 is 0. The molecule has 18 aromatic carbocycles. The highest BCUT2D eigenvalue weighted by Gasteiger charge is 2.27. The molecule has 0 aliphatic carbocycles. The zero-order valence-corrected chi connectivity index (χ0v) is 63.3. The number of nitrogens with zero attached hydrogens (tertiary/aromatic N) is 8. The molecule has 0 radical (unpaired) electrons. The minimum absolute atomic E-state index is 0.504. The number of furan rings is 2. The molecule has 0 N–H and O–H groups in total. The van der Waals surface area contributed by atoms with Crippen LogP contribution in [0.1, 0.15) is 0 Å². The van der Waals surface area contributed by atoms with Crippen LogP contribution in [0.4, 0.5) is 0 Å². The van der Waals surface area contributed by atoms with Gasteiger partial charge in [0.1, 0.15) is 22.3 Å². The van der Waals surface area contributed by atoms with Crippen LogP contribution >= 0.6 is 0 Å². The van der Waals surface area contributed by atoms with Crippen LogP contribution in [0.3, 0.4) is 0 Å². The number of aromatic nitrogens is 8. The van der Waals surface area contributed by atoms with E-state index in [4.69, 9.17) is 38.7 Å². The van der Waals surface area contributed by atoms with Gasteiger partial charge in [0.2, 0.25) is 0 Å². The van der Waals surface area contributed by atoms with E-state index in [0.29, 0.717) is 40.5 Å². The van der Waals surface area contributed by atoms with Gasteiger partial charge >= 0.3 is 0 Å². The summed E-state index contributed by atoms with van der Waals surface area (Å²) < 4.78 is 18.8. The molecule has 0 unspecified atom stereocenters. The van der Waals surface area contributed by atoms with Crippen LogP contribution in [0.25, 0.3) is 244 Å². The Morgan fingerprint density at radius 3 is 1.03 bits per heavy atom. The third-order valence-electron chi connectivity index (χ3n) is 23.5. The molecule has 10 nitrogen and oxygen atoms in total. The van der Waals surface area contributed by atoms with Crippen molar-refractivity contribution in [2.24, 2.45) is 0 Å². The smallest absolute Gasteiger partial charge is 0.166 e. The number of benzene rings is 18. The van der Waals surface area contributed by atoms with E-state index in [1.54, 1.807) is 0 Å². The molecule has 0 spiro atoms. The average molecular weight is 1510 g/mol. The fourth-order valence-electron chi connectivity index (χ4n) is 17.8. The Morgan fingerprint density at radius 2 is 0.492 bits per heavy atom. The molecule has 0 saturated heterocycles. The van der Waals surface area contributed by atoms with Crippen molar-refractivity contribution in [1.82, 2.24) is 39.0 Å². The van der Waals surface area contributed by atoms with E-state index in [1.165, 1.54) is 10.8 Å². The van der Waals surface area contributed by atoms with Gasteiger partial charge in [-0.3, -0.25) is 0 Å². The second-order valence-corrected chi connectivity index (χ2v) is 30.5. The van der Waals surface area contributed by atoms with Crippen LogP contribution in [0.15, 0.2) is 397 Å². The second-order valence-electron chi connectivity index (χ2n) is 30.5. The van der Waals surface area contributed by atoms with Crippen molar-refractivity contribution in [3.63, 3.8) is 0 Å². The Kier molecular flexibility index (Phi) is 15.1. The Labute approximate surface area is 675 Å². The van der Waals surface area contributed by atoms with Gasteiger partial charge in [-0.2, -0.15) is 0 Å². The minimum atomic E-state index is 0.504. The number of rotatable bonds is 12. The molecular formula is C108H64N8O2. The van der Waals surface area contributed by atoms with Crippen LogP contribution in [0.2, 0.25) is 0 Å². The predicted molar refractivity (Wildman–Crippen MR) is 483 cm³/mol. The molecule has 24 aromatic rings. The molecule has 548 valence electrons. The van der Waals surface area contributed by atoms with Gasteiger partial charge in [0.25, 0.3) is 0 Å². The first kappa shape index (κ1) is 66.6. The Morgan fingerprint density at radius 1 is 0.161 bits per heavy atom. The van der Waals surface area contributed by atoms with E-state index in [9.17, 15) is 0 Å². The van der Waals surface area contributed by atoms with E-state index >= 15 is 0 Å². The molecule has 118 heavy (non-hydrogen) atoms. The van der Waals surface area contributed by atoms with E-state index in [2.05, 4.69) is 373 Å². The SMILES string of the molecule is c1ccc(-c2ccc(-c3nc(-c4cccc(-c5cccc(-c6ccc7c(c6)oc6cc(-c8nc(-c9cccc(-c%10ccccc%10)c9)nc(-c9ccc%10ccccc%10c9)n8)c(-n8c9ccccc9c9cc%10ccccc%10cc98)cc67)c5)c4)nc(-c4cc5oc6ccccc6c5cc4-n4c5ccccc5c5cc6ccccc6cc54)n3)cc2)cc1. The molecule has 0 bridgehead atoms. The third-order valence-corrected chi connectivity index (χ3v) is 23.5. The van der Waals surface area contributed by atoms with Gasteiger partial charge in [0.15, 0.2) is 34.9 Å². The van der Waals surface area contributed by atoms with Crippen molar-refractivity contribution >= 4 is 120 Å². The Hall–Kier alpha value is -16.0. The number of hydrogen-bond acceptors (Lipinski definition) is 8. The zero-order chi connectivity index (χ0) is 77.5. The lowest BCUT2D eigenvalue weighted by Crippen LogP contribution is -2.04. The first-order valence-corrected chi connectivity index (χ1v) is 39.8. The number of para-hydroxylation sites is 3. The fourth-order valence-corrected chi connectivity index (χ4v) is 17.8. The van der Waals surface area contributed by atoms with Crippen molar-refractivity contribution < 1.29 is 8.83 Å². The molecule has 6 heterocycles. The van der Waals surface area contributed by atoms with Gasteiger partial charge < -0.3 is 18.0 Å². The summed E-state index contributed by atoms with van der Waals surface area (Å²) in [5, 5.41) is 15.4. The van der Waals surface area contributed by atoms with Gasteiger partial charge in [-0.25, -0.2) is 29.9 Å². The largest absolute Gasteiger partial charge is 0.456 e. The normalized spacial score (nSPS) is 11.9. The highest BCUT2D eigenvalue weighted by molar-refractivity contribution is 6.17. The van der Waals surface area contributed by atoms with Crippen molar-refractivity contribution in [2.75, 3.05) is 0 Å². The topological polar surface area (TPSA) is 113 Å². The van der Waals surface area contributed by atoms with Crippen molar-refractivity contribution in [1.29, 1.82) is 0 Å². The monoisotopic (exact) mass is 1500 g/mol. The van der Waals surface area contributed by atoms with Crippen molar-refractivity contribution in [2.45, 2.75) is 0 Å². The van der Waals surface area contributed by atoms with Gasteiger partial charge in [-0.05, 0) is 180 Å². The highest BCUT2D eigenvalue weighted by Crippen LogP contribution is 2.46. The molecule has 0 amide bonds. The maximum Gasteiger partial charge on any atom is 0.166 e. The van der Waals surface area contributed by atoms with Crippen LogP contribution in [-0.2, 0) is 0 Å². The summed E-state index contributed by atoms with van der Waals surface area (Å²) in [6.07, 6.45) is 0. The number of fused-ring (bicyclic) bond motifs is 15. The highest BCUT2D eigenvalue weighted by atomic mass is 16.3. The van der Waals surface area contributed by atoms with Crippen molar-refractivity contribution in [3.8, 4) is 124 Å². The summed E-state index contributed by atoms with van der Waals surface area (Å²) in [7, 11) is 0. The van der Waals surface area contributed by atoms with Gasteiger partial charge in [0, 0.05) is 76.5 Å². The molecule has 10 heteroatoms. The Bertz CT molecular complexity index is 8260. The van der Waals surface area contributed by atoms with E-state index in [0.717, 1.165) is 193 Å². The summed E-state index contributed by atoms with van der Waals surface area (Å²) in [4.78, 5) is 33.0. The van der Waals surface area contributed by atoms with Crippen LogP contribution in [-0.4, -0.2) is 39.0 Å². The van der Waals surface area contributed by atoms with Crippen LogP contribution in [0, 0.1) is 0 Å². The fraction of sp³-hybridized carbons (Fsp3) is 0. The summed E-state index contributed by atoms with van der Waals surface area (Å²) in [6.45, 7) is 0. The summed E-state index contributed by atoms with van der Waals surface area (Å²) in [6, 6.07) is 138. The summed E-state index contributed by atoms with van der Waals surface area (Å²) in [5.41, 5.74) is 22.5. The number of hydrogen-bond donors (Lipinski definition) is 0. The van der Waals surface area contributed by atoms with Crippen molar-refractivity contribution in [3.05, 3.63) is 388 Å². The average Bonchev–Trinajstić information content (AvgIpc) is 1.56. The molecule has 24 rings (SSSR count). The van der Waals surface area contributed by atoms with E-state index in [-0.39, 0.29) is 0 Å². The molecule has 0 saturated carbocycles. The minimum Gasteiger partial charge on any atom is -0.456 e. The molecular weight excluding hydrogens is 1440 g/mol. The van der Waals surface area contributed by atoms with Crippen LogP contribution in [0.5, 0.6) is 0 Å². The lowest BCUT2D eigenvalue weighted by molar-refractivity contribution is 0.668. The van der Waals surface area contributed by atoms with Gasteiger partial charge in [-0.15, -0.1) is 0 Å². The van der Waals surface area contributed by atoms with Crippen LogP contribution < -0.4 is 0 Å².